The third-order valence-electron chi connectivity index (χ3n) is 5.54. The molecule has 1 saturated heterocycles. The molecule has 0 spiro atoms. The molecule has 2 aromatic rings. The van der Waals surface area contributed by atoms with E-state index in [4.69, 9.17) is 5.26 Å². The smallest absolute Gasteiger partial charge is 0.274 e. The molecule has 8 heteroatoms. The maximum atomic E-state index is 12.9. The van der Waals surface area contributed by atoms with Gasteiger partial charge in [0.15, 0.2) is 5.69 Å². The number of hydrogen-bond donors (Lipinski definition) is 0. The first-order valence-electron chi connectivity index (χ1n) is 9.76. The zero-order valence-electron chi connectivity index (χ0n) is 16.4. The minimum absolute atomic E-state index is 0.00503. The molecule has 2 aliphatic rings. The molecule has 8 nitrogen and oxygen atoms in total. The first-order chi connectivity index (χ1) is 13.5. The van der Waals surface area contributed by atoms with Crippen molar-refractivity contribution in [3.8, 4) is 6.07 Å². The van der Waals surface area contributed by atoms with Crippen LogP contribution in [0.2, 0.25) is 0 Å². The fourth-order valence-electron chi connectivity index (χ4n) is 3.77. The standard InChI is InChI=1S/C20H25N7O/c1-15(2)26-9-10-27-17(14-26)11-18(23-27)20(28)25-7-5-24(6-8-25)19-4-3-16(12-21)13-22-19/h3-4,11,13,15H,5-10,14H2,1-2H3. The average Bonchev–Trinajstić information content (AvgIpc) is 3.17. The van der Waals surface area contributed by atoms with E-state index < -0.39 is 0 Å². The van der Waals surface area contributed by atoms with Gasteiger partial charge in [0.05, 0.1) is 17.8 Å². The molecule has 0 N–H and O–H groups in total. The molecule has 4 heterocycles. The first kappa shape index (κ1) is 18.4. The highest BCUT2D eigenvalue weighted by Gasteiger charge is 2.27. The van der Waals surface area contributed by atoms with Crippen molar-refractivity contribution >= 4 is 11.7 Å². The van der Waals surface area contributed by atoms with Gasteiger partial charge in [-0.1, -0.05) is 0 Å². The lowest BCUT2D eigenvalue weighted by atomic mass is 10.2. The van der Waals surface area contributed by atoms with Gasteiger partial charge in [-0.2, -0.15) is 10.4 Å². The number of piperazine rings is 1. The Kier molecular flexibility index (Phi) is 5.01. The van der Waals surface area contributed by atoms with Crippen LogP contribution in [-0.4, -0.2) is 69.2 Å². The van der Waals surface area contributed by atoms with Crippen LogP contribution in [0.4, 0.5) is 5.82 Å². The third kappa shape index (κ3) is 3.58. The first-order valence-corrected chi connectivity index (χ1v) is 9.76. The molecule has 0 bridgehead atoms. The molecule has 1 fully saturated rings. The number of pyridine rings is 1. The summed E-state index contributed by atoms with van der Waals surface area (Å²) in [6.07, 6.45) is 1.59. The number of fused-ring (bicyclic) bond motifs is 1. The van der Waals surface area contributed by atoms with Crippen molar-refractivity contribution in [2.45, 2.75) is 33.0 Å². The van der Waals surface area contributed by atoms with E-state index in [0.717, 1.165) is 44.2 Å². The molecular weight excluding hydrogens is 354 g/mol. The van der Waals surface area contributed by atoms with Gasteiger partial charge in [0.1, 0.15) is 11.9 Å². The number of hydrogen-bond acceptors (Lipinski definition) is 6. The van der Waals surface area contributed by atoms with Gasteiger partial charge >= 0.3 is 0 Å². The van der Waals surface area contributed by atoms with Gasteiger partial charge in [-0.25, -0.2) is 4.98 Å². The summed E-state index contributed by atoms with van der Waals surface area (Å²) in [5, 5.41) is 13.4. The summed E-state index contributed by atoms with van der Waals surface area (Å²) >= 11 is 0. The Morgan fingerprint density at radius 3 is 2.57 bits per heavy atom. The Bertz CT molecular complexity index is 888. The normalized spacial score (nSPS) is 17.5. The van der Waals surface area contributed by atoms with E-state index in [9.17, 15) is 4.79 Å². The van der Waals surface area contributed by atoms with Crippen LogP contribution in [-0.2, 0) is 13.1 Å². The van der Waals surface area contributed by atoms with Gasteiger partial charge < -0.3 is 9.80 Å². The van der Waals surface area contributed by atoms with Crippen molar-refractivity contribution in [1.82, 2.24) is 24.6 Å². The summed E-state index contributed by atoms with van der Waals surface area (Å²) in [4.78, 5) is 23.7. The maximum absolute atomic E-state index is 12.9. The van der Waals surface area contributed by atoms with Crippen LogP contribution < -0.4 is 4.90 Å². The zero-order valence-corrected chi connectivity index (χ0v) is 16.4. The third-order valence-corrected chi connectivity index (χ3v) is 5.54. The molecule has 4 rings (SSSR count). The van der Waals surface area contributed by atoms with Crippen LogP contribution in [0.25, 0.3) is 0 Å². The predicted octanol–water partition coefficient (Wildman–Crippen LogP) is 1.34. The van der Waals surface area contributed by atoms with Crippen LogP contribution in [0.5, 0.6) is 0 Å². The van der Waals surface area contributed by atoms with Crippen LogP contribution in [0.1, 0.15) is 35.6 Å². The van der Waals surface area contributed by atoms with Crippen molar-refractivity contribution < 1.29 is 4.79 Å². The number of nitriles is 1. The summed E-state index contributed by atoms with van der Waals surface area (Å²) in [5.41, 5.74) is 2.21. The minimum atomic E-state index is 0.00503. The monoisotopic (exact) mass is 379 g/mol. The largest absolute Gasteiger partial charge is 0.353 e. The quantitative estimate of drug-likeness (QED) is 0.800. The van der Waals surface area contributed by atoms with Gasteiger partial charge in [0, 0.05) is 51.5 Å². The maximum Gasteiger partial charge on any atom is 0.274 e. The highest BCUT2D eigenvalue weighted by molar-refractivity contribution is 5.92. The van der Waals surface area contributed by atoms with E-state index in [0.29, 0.717) is 30.4 Å². The summed E-state index contributed by atoms with van der Waals surface area (Å²) < 4.78 is 1.98. The molecule has 0 radical (unpaired) electrons. The summed E-state index contributed by atoms with van der Waals surface area (Å²) in [7, 11) is 0. The molecule has 0 atom stereocenters. The van der Waals surface area contributed by atoms with E-state index in [1.807, 2.05) is 21.7 Å². The lowest BCUT2D eigenvalue weighted by Gasteiger charge is -2.35. The molecule has 146 valence electrons. The second-order valence-electron chi connectivity index (χ2n) is 7.60. The minimum Gasteiger partial charge on any atom is -0.353 e. The number of anilines is 1. The average molecular weight is 379 g/mol. The number of carbonyl (C=O) groups excluding carboxylic acids is 1. The predicted molar refractivity (Wildman–Crippen MR) is 105 cm³/mol. The molecule has 2 aromatic heterocycles. The van der Waals surface area contributed by atoms with E-state index in [1.165, 1.54) is 0 Å². The second-order valence-corrected chi connectivity index (χ2v) is 7.60. The fraction of sp³-hybridized carbons (Fsp3) is 0.500. The van der Waals surface area contributed by atoms with Gasteiger partial charge in [-0.15, -0.1) is 0 Å². The Morgan fingerprint density at radius 1 is 1.14 bits per heavy atom. The second kappa shape index (κ2) is 7.60. The van der Waals surface area contributed by atoms with E-state index >= 15 is 0 Å². The number of nitrogens with zero attached hydrogens (tertiary/aromatic N) is 7. The molecule has 2 aliphatic heterocycles. The zero-order chi connectivity index (χ0) is 19.7. The lowest BCUT2D eigenvalue weighted by molar-refractivity contribution is 0.0739. The lowest BCUT2D eigenvalue weighted by Crippen LogP contribution is -2.49. The van der Waals surface area contributed by atoms with E-state index in [-0.39, 0.29) is 5.91 Å². The fourth-order valence-corrected chi connectivity index (χ4v) is 3.77. The summed E-state index contributed by atoms with van der Waals surface area (Å²) in [5.74, 6) is 0.850. The van der Waals surface area contributed by atoms with Crippen molar-refractivity contribution in [3.05, 3.63) is 41.3 Å². The number of carbonyl (C=O) groups is 1. The molecule has 1 amide bonds. The number of rotatable bonds is 3. The van der Waals surface area contributed by atoms with Gasteiger partial charge in [-0.3, -0.25) is 14.4 Å². The summed E-state index contributed by atoms with van der Waals surface area (Å²) in [6, 6.07) is 8.16. The van der Waals surface area contributed by atoms with Crippen molar-refractivity contribution in [3.63, 3.8) is 0 Å². The highest BCUT2D eigenvalue weighted by atomic mass is 16.2. The molecule has 0 unspecified atom stereocenters. The van der Waals surface area contributed by atoms with E-state index in [1.54, 1.807) is 12.3 Å². The Hall–Kier alpha value is -2.92. The van der Waals surface area contributed by atoms with Crippen LogP contribution in [0.3, 0.4) is 0 Å². The number of aromatic nitrogens is 3. The van der Waals surface area contributed by atoms with Gasteiger partial charge in [-0.05, 0) is 32.0 Å². The molecule has 28 heavy (non-hydrogen) atoms. The van der Waals surface area contributed by atoms with E-state index in [2.05, 4.69) is 39.8 Å². The van der Waals surface area contributed by atoms with Crippen molar-refractivity contribution in [1.29, 1.82) is 5.26 Å². The number of amides is 1. The highest BCUT2D eigenvalue weighted by Crippen LogP contribution is 2.19. The SMILES string of the molecule is CC(C)N1CCn2nc(C(=O)N3CCN(c4ccc(C#N)cn4)CC3)cc2C1. The van der Waals surface area contributed by atoms with Crippen molar-refractivity contribution in [2.75, 3.05) is 37.6 Å². The van der Waals surface area contributed by atoms with Crippen LogP contribution in [0.15, 0.2) is 24.4 Å². The Balaban J connectivity index is 1.39. The molecular formula is C20H25N7O. The van der Waals surface area contributed by atoms with Crippen molar-refractivity contribution in [2.24, 2.45) is 0 Å². The molecule has 0 aromatic carbocycles. The topological polar surface area (TPSA) is 81.3 Å². The Morgan fingerprint density at radius 2 is 1.93 bits per heavy atom. The van der Waals surface area contributed by atoms with Gasteiger partial charge in [0.2, 0.25) is 0 Å². The van der Waals surface area contributed by atoms with Crippen LogP contribution >= 0.6 is 0 Å². The van der Waals surface area contributed by atoms with Gasteiger partial charge in [0.25, 0.3) is 5.91 Å². The summed E-state index contributed by atoms with van der Waals surface area (Å²) in [6.45, 7) is 9.76. The molecule has 0 aliphatic carbocycles. The molecule has 0 saturated carbocycles. The van der Waals surface area contributed by atoms with Crippen LogP contribution in [0, 0.1) is 11.3 Å². The Labute approximate surface area is 165 Å².